The molecule has 7 nitrogen and oxygen atoms in total. The number of carbonyl (C=O) groups excluding carboxylic acids is 1. The normalized spacial score (nSPS) is 10.4. The standard InChI is InChI=1S/C11H7ClN6OS/c12-7-3-1-6(2-4-7)11-14-8(5-20-11)13-10(19)9-15-17-18-16-9/h1-5H,(H,13,19)(H,15,16,17,18). The number of hydrogen-bond acceptors (Lipinski definition) is 6. The molecule has 0 atom stereocenters. The monoisotopic (exact) mass is 306 g/mol. The Morgan fingerprint density at radius 1 is 1.30 bits per heavy atom. The highest BCUT2D eigenvalue weighted by Crippen LogP contribution is 2.26. The SMILES string of the molecule is O=C(Nc1csc(-c2ccc(Cl)cc2)n1)c1nn[nH]n1. The van der Waals surface area contributed by atoms with Crippen molar-refractivity contribution in [2.45, 2.75) is 0 Å². The number of aromatic nitrogens is 5. The second-order valence-corrected chi connectivity index (χ2v) is 5.03. The molecule has 20 heavy (non-hydrogen) atoms. The Kier molecular flexibility index (Phi) is 3.40. The van der Waals surface area contributed by atoms with Crippen LogP contribution in [0.2, 0.25) is 5.02 Å². The van der Waals surface area contributed by atoms with Crippen LogP contribution in [0.1, 0.15) is 10.6 Å². The van der Waals surface area contributed by atoms with Crippen molar-refractivity contribution in [2.75, 3.05) is 5.32 Å². The maximum atomic E-state index is 11.7. The summed E-state index contributed by atoms with van der Waals surface area (Å²) in [6.07, 6.45) is 0. The van der Waals surface area contributed by atoms with E-state index in [0.29, 0.717) is 10.8 Å². The van der Waals surface area contributed by atoms with Crippen LogP contribution in [-0.2, 0) is 0 Å². The van der Waals surface area contributed by atoms with Crippen LogP contribution in [0.3, 0.4) is 0 Å². The summed E-state index contributed by atoms with van der Waals surface area (Å²) in [7, 11) is 0. The number of nitrogens with one attached hydrogen (secondary N) is 2. The summed E-state index contributed by atoms with van der Waals surface area (Å²) in [5.74, 6) is -0.0625. The lowest BCUT2D eigenvalue weighted by Crippen LogP contribution is -2.14. The minimum atomic E-state index is -0.466. The molecule has 0 aliphatic heterocycles. The lowest BCUT2D eigenvalue weighted by Gasteiger charge is -1.97. The van der Waals surface area contributed by atoms with Gasteiger partial charge >= 0.3 is 0 Å². The fraction of sp³-hybridized carbons (Fsp3) is 0. The lowest BCUT2D eigenvalue weighted by molar-refractivity contribution is 0.101. The summed E-state index contributed by atoms with van der Waals surface area (Å²) in [6.45, 7) is 0. The van der Waals surface area contributed by atoms with Gasteiger partial charge in [0.1, 0.15) is 10.8 Å². The number of H-pyrrole nitrogens is 1. The van der Waals surface area contributed by atoms with Gasteiger partial charge in [-0.05, 0) is 17.3 Å². The molecule has 0 unspecified atom stereocenters. The van der Waals surface area contributed by atoms with Gasteiger partial charge in [0.05, 0.1) is 0 Å². The summed E-state index contributed by atoms with van der Waals surface area (Å²) in [4.78, 5) is 16.0. The van der Waals surface area contributed by atoms with E-state index in [1.807, 2.05) is 12.1 Å². The number of aromatic amines is 1. The minimum Gasteiger partial charge on any atom is -0.303 e. The molecule has 0 aliphatic carbocycles. The molecule has 9 heteroatoms. The van der Waals surface area contributed by atoms with Gasteiger partial charge in [-0.3, -0.25) is 4.79 Å². The number of carbonyl (C=O) groups is 1. The Morgan fingerprint density at radius 3 is 2.80 bits per heavy atom. The van der Waals surface area contributed by atoms with Crippen LogP contribution in [0.15, 0.2) is 29.6 Å². The van der Waals surface area contributed by atoms with Crippen molar-refractivity contribution >= 4 is 34.7 Å². The number of anilines is 1. The molecule has 0 bridgehead atoms. The highest BCUT2D eigenvalue weighted by atomic mass is 35.5. The summed E-state index contributed by atoms with van der Waals surface area (Å²) < 4.78 is 0. The molecule has 3 rings (SSSR count). The largest absolute Gasteiger partial charge is 0.303 e. The Hall–Kier alpha value is -2.32. The summed E-state index contributed by atoms with van der Waals surface area (Å²) in [5.41, 5.74) is 0.930. The molecule has 0 saturated carbocycles. The molecule has 0 aliphatic rings. The first-order valence-corrected chi connectivity index (χ1v) is 6.74. The van der Waals surface area contributed by atoms with E-state index in [1.54, 1.807) is 17.5 Å². The molecule has 0 spiro atoms. The number of hydrogen-bond donors (Lipinski definition) is 2. The van der Waals surface area contributed by atoms with Crippen molar-refractivity contribution in [1.82, 2.24) is 25.6 Å². The molecule has 3 aromatic rings. The van der Waals surface area contributed by atoms with E-state index in [2.05, 4.69) is 30.9 Å². The Labute approximate surface area is 122 Å². The van der Waals surface area contributed by atoms with E-state index in [-0.39, 0.29) is 5.82 Å². The van der Waals surface area contributed by atoms with Crippen LogP contribution in [0, 0.1) is 0 Å². The van der Waals surface area contributed by atoms with Gasteiger partial charge in [-0.1, -0.05) is 23.7 Å². The van der Waals surface area contributed by atoms with Gasteiger partial charge in [-0.15, -0.1) is 21.5 Å². The Balaban J connectivity index is 1.77. The first-order chi connectivity index (χ1) is 9.72. The van der Waals surface area contributed by atoms with Gasteiger partial charge in [0, 0.05) is 16.0 Å². The maximum absolute atomic E-state index is 11.7. The second-order valence-electron chi connectivity index (χ2n) is 3.73. The van der Waals surface area contributed by atoms with Gasteiger partial charge in [0.15, 0.2) is 0 Å². The minimum absolute atomic E-state index is 0.0361. The van der Waals surface area contributed by atoms with Crippen molar-refractivity contribution in [2.24, 2.45) is 0 Å². The van der Waals surface area contributed by atoms with Crippen LogP contribution in [0.5, 0.6) is 0 Å². The molecule has 100 valence electrons. The third-order valence-electron chi connectivity index (χ3n) is 2.39. The van der Waals surface area contributed by atoms with Crippen molar-refractivity contribution in [1.29, 1.82) is 0 Å². The molecule has 1 aromatic carbocycles. The molecule has 2 N–H and O–H groups in total. The summed E-state index contributed by atoms with van der Waals surface area (Å²) >= 11 is 7.25. The fourth-order valence-electron chi connectivity index (χ4n) is 1.49. The molecule has 2 heterocycles. The molecule has 0 fully saturated rings. The van der Waals surface area contributed by atoms with E-state index >= 15 is 0 Å². The topological polar surface area (TPSA) is 96.5 Å². The van der Waals surface area contributed by atoms with Gasteiger partial charge in [-0.2, -0.15) is 5.21 Å². The zero-order valence-electron chi connectivity index (χ0n) is 9.87. The van der Waals surface area contributed by atoms with Crippen molar-refractivity contribution in [3.63, 3.8) is 0 Å². The number of tetrazole rings is 1. The maximum Gasteiger partial charge on any atom is 0.298 e. The van der Waals surface area contributed by atoms with Gasteiger partial charge in [0.25, 0.3) is 11.7 Å². The van der Waals surface area contributed by atoms with Crippen molar-refractivity contribution in [3.05, 3.63) is 40.5 Å². The van der Waals surface area contributed by atoms with Gasteiger partial charge in [0.2, 0.25) is 0 Å². The molecule has 2 aromatic heterocycles. The van der Waals surface area contributed by atoms with E-state index < -0.39 is 5.91 Å². The van der Waals surface area contributed by atoms with Gasteiger partial charge in [-0.25, -0.2) is 4.98 Å². The summed E-state index contributed by atoms with van der Waals surface area (Å²) in [5, 5.41) is 18.5. The van der Waals surface area contributed by atoms with E-state index in [0.717, 1.165) is 10.6 Å². The zero-order chi connectivity index (χ0) is 13.9. The average Bonchev–Trinajstić information content (AvgIpc) is 3.10. The molecule has 0 radical (unpaired) electrons. The number of thiazole rings is 1. The van der Waals surface area contributed by atoms with Crippen LogP contribution >= 0.6 is 22.9 Å². The Morgan fingerprint density at radius 2 is 2.10 bits per heavy atom. The quantitative estimate of drug-likeness (QED) is 0.773. The highest BCUT2D eigenvalue weighted by Gasteiger charge is 2.13. The zero-order valence-corrected chi connectivity index (χ0v) is 11.4. The van der Waals surface area contributed by atoms with Crippen LogP contribution in [0.25, 0.3) is 10.6 Å². The number of nitrogens with zero attached hydrogens (tertiary/aromatic N) is 4. The Bertz CT molecular complexity index is 724. The van der Waals surface area contributed by atoms with Crippen molar-refractivity contribution in [3.8, 4) is 10.6 Å². The van der Waals surface area contributed by atoms with Gasteiger partial charge < -0.3 is 5.32 Å². The van der Waals surface area contributed by atoms with Crippen LogP contribution in [0.4, 0.5) is 5.82 Å². The smallest absolute Gasteiger partial charge is 0.298 e. The summed E-state index contributed by atoms with van der Waals surface area (Å²) in [6, 6.07) is 7.31. The highest BCUT2D eigenvalue weighted by molar-refractivity contribution is 7.13. The first-order valence-electron chi connectivity index (χ1n) is 5.48. The first kappa shape index (κ1) is 12.7. The number of amides is 1. The van der Waals surface area contributed by atoms with E-state index in [1.165, 1.54) is 11.3 Å². The third-order valence-corrected chi connectivity index (χ3v) is 3.53. The molecule has 0 saturated heterocycles. The predicted molar refractivity (Wildman–Crippen MR) is 74.7 cm³/mol. The van der Waals surface area contributed by atoms with Crippen molar-refractivity contribution < 1.29 is 4.79 Å². The average molecular weight is 307 g/mol. The van der Waals surface area contributed by atoms with Crippen LogP contribution in [-0.4, -0.2) is 31.5 Å². The number of halogens is 1. The lowest BCUT2D eigenvalue weighted by atomic mass is 10.2. The molecular weight excluding hydrogens is 300 g/mol. The van der Waals surface area contributed by atoms with E-state index in [4.69, 9.17) is 11.6 Å². The molecular formula is C11H7ClN6OS. The number of benzene rings is 1. The van der Waals surface area contributed by atoms with Crippen LogP contribution < -0.4 is 5.32 Å². The van der Waals surface area contributed by atoms with E-state index in [9.17, 15) is 4.79 Å². The third kappa shape index (κ3) is 2.65. The number of rotatable bonds is 3. The fourth-order valence-corrected chi connectivity index (χ4v) is 2.37. The molecule has 1 amide bonds. The predicted octanol–water partition coefficient (Wildman–Crippen LogP) is 2.23. The second kappa shape index (κ2) is 5.35.